The van der Waals surface area contributed by atoms with Gasteiger partial charge >= 0.3 is 5.69 Å². The monoisotopic (exact) mass is 395 g/mol. The van der Waals surface area contributed by atoms with E-state index in [0.29, 0.717) is 23.0 Å². The summed E-state index contributed by atoms with van der Waals surface area (Å²) in [5.74, 6) is 0.457. The van der Waals surface area contributed by atoms with Gasteiger partial charge < -0.3 is 0 Å². The van der Waals surface area contributed by atoms with E-state index >= 15 is 0 Å². The van der Waals surface area contributed by atoms with Crippen LogP contribution in [0.4, 0.5) is 0 Å². The zero-order chi connectivity index (χ0) is 19.8. The maximum atomic E-state index is 13.2. The first-order valence-electron chi connectivity index (χ1n) is 8.72. The van der Waals surface area contributed by atoms with Crippen molar-refractivity contribution in [2.45, 2.75) is 13.3 Å². The highest BCUT2D eigenvalue weighted by Crippen LogP contribution is 2.16. The summed E-state index contributed by atoms with van der Waals surface area (Å²) in [6.07, 6.45) is 0.384. The van der Waals surface area contributed by atoms with Gasteiger partial charge in [-0.1, -0.05) is 41.9 Å². The number of benzene rings is 2. The minimum Gasteiger partial charge on any atom is -0.283 e. The largest absolute Gasteiger partial charge is 0.348 e. The van der Waals surface area contributed by atoms with Crippen molar-refractivity contribution >= 4 is 11.6 Å². The van der Waals surface area contributed by atoms with Crippen LogP contribution in [0.2, 0.25) is 5.02 Å². The molecule has 0 spiro atoms. The van der Waals surface area contributed by atoms with Gasteiger partial charge in [0, 0.05) is 18.5 Å². The van der Waals surface area contributed by atoms with Gasteiger partial charge in [0.05, 0.1) is 11.4 Å². The standard InChI is InChI=1S/C20H18ClN5O2/c1-13-18(19(27)26(24(13)2)16-6-4-3-5-7-16)25-17(22-23-20(25)28)12-14-8-10-15(21)11-9-14/h3-11H,12H2,1-2H3,(H,23,28). The van der Waals surface area contributed by atoms with Crippen LogP contribution in [0.25, 0.3) is 11.4 Å². The molecule has 0 fully saturated rings. The normalized spacial score (nSPS) is 11.1. The number of rotatable bonds is 4. The van der Waals surface area contributed by atoms with Gasteiger partial charge in [-0.05, 0) is 36.8 Å². The molecule has 4 aromatic rings. The molecule has 0 aliphatic heterocycles. The molecule has 0 atom stereocenters. The van der Waals surface area contributed by atoms with Crippen molar-refractivity contribution in [2.24, 2.45) is 7.05 Å². The minimum atomic E-state index is -0.449. The lowest BCUT2D eigenvalue weighted by Gasteiger charge is -2.07. The predicted octanol–water partition coefficient (Wildman–Crippen LogP) is 2.60. The van der Waals surface area contributed by atoms with E-state index in [9.17, 15) is 9.59 Å². The Kier molecular flexibility index (Phi) is 4.52. The summed E-state index contributed by atoms with van der Waals surface area (Å²) in [6.45, 7) is 1.81. The first-order chi connectivity index (χ1) is 13.5. The van der Waals surface area contributed by atoms with Gasteiger partial charge in [0.1, 0.15) is 11.5 Å². The zero-order valence-electron chi connectivity index (χ0n) is 15.4. The molecule has 2 heterocycles. The molecular formula is C20H18ClN5O2. The van der Waals surface area contributed by atoms with Crippen molar-refractivity contribution in [1.82, 2.24) is 24.1 Å². The van der Waals surface area contributed by atoms with Crippen molar-refractivity contribution in [3.63, 3.8) is 0 Å². The average Bonchev–Trinajstić information content (AvgIpc) is 3.14. The summed E-state index contributed by atoms with van der Waals surface area (Å²) < 4.78 is 4.63. The zero-order valence-corrected chi connectivity index (χ0v) is 16.1. The van der Waals surface area contributed by atoms with Crippen molar-refractivity contribution in [3.8, 4) is 11.4 Å². The first kappa shape index (κ1) is 18.1. The summed E-state index contributed by atoms with van der Waals surface area (Å²) in [6, 6.07) is 16.6. The van der Waals surface area contributed by atoms with E-state index in [4.69, 9.17) is 11.6 Å². The van der Waals surface area contributed by atoms with Crippen molar-refractivity contribution in [3.05, 3.63) is 97.5 Å². The fourth-order valence-corrected chi connectivity index (χ4v) is 3.40. The van der Waals surface area contributed by atoms with Gasteiger partial charge in [0.2, 0.25) is 0 Å². The molecule has 4 rings (SSSR count). The Morgan fingerprint density at radius 1 is 1.04 bits per heavy atom. The summed E-state index contributed by atoms with van der Waals surface area (Å²) in [5, 5.41) is 7.24. The number of H-pyrrole nitrogens is 1. The third-order valence-corrected chi connectivity index (χ3v) is 5.02. The van der Waals surface area contributed by atoms with E-state index in [1.54, 1.807) is 23.9 Å². The second kappa shape index (κ2) is 7.01. The molecular weight excluding hydrogens is 378 g/mol. The third-order valence-electron chi connectivity index (χ3n) is 4.76. The number of aromatic amines is 1. The quantitative estimate of drug-likeness (QED) is 0.577. The Hall–Kier alpha value is -3.32. The Morgan fingerprint density at radius 2 is 1.71 bits per heavy atom. The molecule has 7 nitrogen and oxygen atoms in total. The summed E-state index contributed by atoms with van der Waals surface area (Å²) >= 11 is 5.94. The fraction of sp³-hybridized carbons (Fsp3) is 0.150. The van der Waals surface area contributed by atoms with Crippen LogP contribution in [0.15, 0.2) is 64.2 Å². The molecule has 0 aliphatic carbocycles. The maximum absolute atomic E-state index is 13.2. The summed E-state index contributed by atoms with van der Waals surface area (Å²) in [4.78, 5) is 25.7. The molecule has 0 saturated carbocycles. The van der Waals surface area contributed by atoms with Crippen LogP contribution in [0.5, 0.6) is 0 Å². The Balaban J connectivity index is 1.87. The molecule has 0 aliphatic rings. The number of hydrogen-bond acceptors (Lipinski definition) is 3. The van der Waals surface area contributed by atoms with Gasteiger partial charge in [-0.2, -0.15) is 5.10 Å². The number of para-hydroxylation sites is 1. The van der Waals surface area contributed by atoms with Crippen LogP contribution >= 0.6 is 11.6 Å². The number of nitrogens with one attached hydrogen (secondary N) is 1. The topological polar surface area (TPSA) is 77.6 Å². The molecule has 0 saturated heterocycles. The molecule has 8 heteroatoms. The average molecular weight is 396 g/mol. The highest BCUT2D eigenvalue weighted by molar-refractivity contribution is 6.30. The van der Waals surface area contributed by atoms with Crippen LogP contribution in [0.3, 0.4) is 0 Å². The molecule has 1 N–H and O–H groups in total. The molecule has 0 bridgehead atoms. The summed E-state index contributed by atoms with van der Waals surface area (Å²) in [5.41, 5.74) is 1.87. The van der Waals surface area contributed by atoms with Gasteiger partial charge in [-0.3, -0.25) is 9.48 Å². The van der Waals surface area contributed by atoms with Gasteiger partial charge in [-0.15, -0.1) is 0 Å². The van der Waals surface area contributed by atoms with Crippen molar-refractivity contribution < 1.29 is 0 Å². The number of nitrogens with zero attached hydrogens (tertiary/aromatic N) is 4. The number of hydrogen-bond donors (Lipinski definition) is 1. The first-order valence-corrected chi connectivity index (χ1v) is 9.10. The van der Waals surface area contributed by atoms with Crippen LogP contribution in [-0.4, -0.2) is 24.1 Å². The van der Waals surface area contributed by atoms with Crippen LogP contribution in [0, 0.1) is 6.92 Å². The van der Waals surface area contributed by atoms with Crippen molar-refractivity contribution in [2.75, 3.05) is 0 Å². The second-order valence-electron chi connectivity index (χ2n) is 6.49. The van der Waals surface area contributed by atoms with Gasteiger partial charge in [-0.25, -0.2) is 19.1 Å². The van der Waals surface area contributed by atoms with Gasteiger partial charge in [0.15, 0.2) is 0 Å². The predicted molar refractivity (Wildman–Crippen MR) is 108 cm³/mol. The second-order valence-corrected chi connectivity index (χ2v) is 6.93. The van der Waals surface area contributed by atoms with E-state index < -0.39 is 5.69 Å². The van der Waals surface area contributed by atoms with E-state index in [2.05, 4.69) is 10.2 Å². The lowest BCUT2D eigenvalue weighted by Crippen LogP contribution is -2.26. The molecule has 0 unspecified atom stereocenters. The van der Waals surface area contributed by atoms with E-state index in [1.165, 1.54) is 9.25 Å². The lowest BCUT2D eigenvalue weighted by molar-refractivity contribution is 0.630. The molecule has 142 valence electrons. The number of halogens is 1. The Morgan fingerprint density at radius 3 is 2.39 bits per heavy atom. The van der Waals surface area contributed by atoms with E-state index in [1.807, 2.05) is 49.4 Å². The molecule has 2 aromatic heterocycles. The van der Waals surface area contributed by atoms with Gasteiger partial charge in [0.25, 0.3) is 5.56 Å². The summed E-state index contributed by atoms with van der Waals surface area (Å²) in [7, 11) is 1.79. The number of aromatic nitrogens is 5. The van der Waals surface area contributed by atoms with Crippen LogP contribution in [0.1, 0.15) is 17.1 Å². The minimum absolute atomic E-state index is 0.285. The molecule has 0 radical (unpaired) electrons. The maximum Gasteiger partial charge on any atom is 0.348 e. The molecule has 28 heavy (non-hydrogen) atoms. The molecule has 2 aromatic carbocycles. The highest BCUT2D eigenvalue weighted by Gasteiger charge is 2.22. The van der Waals surface area contributed by atoms with Crippen LogP contribution in [-0.2, 0) is 13.5 Å². The van der Waals surface area contributed by atoms with Crippen molar-refractivity contribution in [1.29, 1.82) is 0 Å². The van der Waals surface area contributed by atoms with Crippen LogP contribution < -0.4 is 11.2 Å². The Labute approximate surface area is 165 Å². The Bertz CT molecular complexity index is 1250. The smallest absolute Gasteiger partial charge is 0.283 e. The van der Waals surface area contributed by atoms with E-state index in [0.717, 1.165) is 11.3 Å². The SMILES string of the molecule is Cc1c(-n2c(Cc3ccc(Cl)cc3)n[nH]c2=O)c(=O)n(-c2ccccc2)n1C. The third kappa shape index (κ3) is 2.99. The molecule has 0 amide bonds. The highest BCUT2D eigenvalue weighted by atomic mass is 35.5. The van der Waals surface area contributed by atoms with E-state index in [-0.39, 0.29) is 11.2 Å². The lowest BCUT2D eigenvalue weighted by atomic mass is 10.1. The fourth-order valence-electron chi connectivity index (χ4n) is 3.28.